The van der Waals surface area contributed by atoms with Gasteiger partial charge in [0, 0.05) is 10.3 Å². The van der Waals surface area contributed by atoms with Crippen molar-refractivity contribution in [1.29, 1.82) is 0 Å². The van der Waals surface area contributed by atoms with Crippen LogP contribution in [0.2, 0.25) is 0 Å². The summed E-state index contributed by atoms with van der Waals surface area (Å²) in [5, 5.41) is 13.9. The fourth-order valence-electron chi connectivity index (χ4n) is 1.98. The first-order valence-electron chi connectivity index (χ1n) is 8.14. The van der Waals surface area contributed by atoms with Gasteiger partial charge in [0.2, 0.25) is 0 Å². The number of nitrogens with one attached hydrogen (secondary N) is 2. The second-order valence-electron chi connectivity index (χ2n) is 7.67. The quantitative estimate of drug-likeness (QED) is 0.832. The van der Waals surface area contributed by atoms with Crippen molar-refractivity contribution in [3.8, 4) is 0 Å². The van der Waals surface area contributed by atoms with Gasteiger partial charge in [-0.05, 0) is 47.6 Å². The molecule has 0 atom stereocenters. The zero-order chi connectivity index (χ0) is 19.5. The molecule has 2 heterocycles. The maximum Gasteiger partial charge on any atom is 0.413 e. The lowest BCUT2D eigenvalue weighted by Gasteiger charge is -2.19. The third-order valence-electron chi connectivity index (χ3n) is 2.82. The summed E-state index contributed by atoms with van der Waals surface area (Å²) < 4.78 is 11.3. The molecule has 2 N–H and O–H groups in total. The molecule has 0 fully saturated rings. The number of nitrogens with zero attached hydrogens (tertiary/aromatic N) is 2. The van der Waals surface area contributed by atoms with Crippen LogP contribution in [0.3, 0.4) is 0 Å². The lowest BCUT2D eigenvalue weighted by atomic mass is 10.2. The predicted molar refractivity (Wildman–Crippen MR) is 100 cm³/mol. The minimum atomic E-state index is -0.609. The van der Waals surface area contributed by atoms with Gasteiger partial charge in [-0.2, -0.15) is 5.10 Å². The summed E-state index contributed by atoms with van der Waals surface area (Å²) in [7, 11) is 0. The van der Waals surface area contributed by atoms with Crippen molar-refractivity contribution >= 4 is 39.4 Å². The molecule has 2 rings (SSSR count). The zero-order valence-corrected chi connectivity index (χ0v) is 16.6. The molecule has 0 aromatic carbocycles. The summed E-state index contributed by atoms with van der Waals surface area (Å²) in [6, 6.07) is 1.85. The topological polar surface area (TPSA) is 102 Å². The fraction of sp³-hybridized carbons (Fsp3) is 0.529. The van der Waals surface area contributed by atoms with Gasteiger partial charge in [0.25, 0.3) is 0 Å². The third-order valence-corrected chi connectivity index (χ3v) is 3.89. The van der Waals surface area contributed by atoms with E-state index >= 15 is 0 Å². The summed E-state index contributed by atoms with van der Waals surface area (Å²) in [6.45, 7) is 11.1. The minimum absolute atomic E-state index is 0.306. The van der Waals surface area contributed by atoms with Crippen molar-refractivity contribution in [2.24, 2.45) is 0 Å². The number of carbonyl (C=O) groups excluding carboxylic acids is 2. The van der Waals surface area contributed by atoms with E-state index in [0.29, 0.717) is 12.4 Å². The normalized spacial score (nSPS) is 11.9. The number of ether oxygens (including phenoxy) is 2. The molecule has 2 aromatic heterocycles. The van der Waals surface area contributed by atoms with Crippen molar-refractivity contribution in [1.82, 2.24) is 15.5 Å². The van der Waals surface area contributed by atoms with Gasteiger partial charge < -0.3 is 14.8 Å². The number of hydrogen-bond acceptors (Lipinski definition) is 7. The van der Waals surface area contributed by atoms with Crippen LogP contribution in [0.5, 0.6) is 0 Å². The molecule has 9 heteroatoms. The summed E-state index contributed by atoms with van der Waals surface area (Å²) in [5.41, 5.74) is -1.16. The van der Waals surface area contributed by atoms with E-state index < -0.39 is 23.4 Å². The Kier molecular flexibility index (Phi) is 5.70. The Morgan fingerprint density at radius 1 is 1.08 bits per heavy atom. The van der Waals surface area contributed by atoms with E-state index in [2.05, 4.69) is 20.8 Å². The Morgan fingerprint density at radius 2 is 1.69 bits per heavy atom. The first-order valence-corrected chi connectivity index (χ1v) is 8.95. The van der Waals surface area contributed by atoms with Gasteiger partial charge in [0.05, 0.1) is 17.4 Å². The number of anilines is 1. The molecule has 0 aliphatic carbocycles. The Labute approximate surface area is 156 Å². The van der Waals surface area contributed by atoms with Gasteiger partial charge in [-0.3, -0.25) is 5.32 Å². The van der Waals surface area contributed by atoms with Crippen LogP contribution in [-0.4, -0.2) is 33.6 Å². The molecule has 26 heavy (non-hydrogen) atoms. The van der Waals surface area contributed by atoms with Crippen molar-refractivity contribution in [2.75, 3.05) is 5.32 Å². The highest BCUT2D eigenvalue weighted by atomic mass is 32.1. The van der Waals surface area contributed by atoms with Crippen LogP contribution >= 0.6 is 11.3 Å². The van der Waals surface area contributed by atoms with Gasteiger partial charge in [0.1, 0.15) is 11.2 Å². The Hall–Kier alpha value is -2.42. The number of hydrogen-bond donors (Lipinski definition) is 2. The smallest absolute Gasteiger partial charge is 0.413 e. The van der Waals surface area contributed by atoms with Gasteiger partial charge in [-0.15, -0.1) is 16.4 Å². The highest BCUT2D eigenvalue weighted by molar-refractivity contribution is 7.19. The van der Waals surface area contributed by atoms with Crippen LogP contribution in [0.4, 0.5) is 15.4 Å². The Bertz CT molecular complexity index is 805. The van der Waals surface area contributed by atoms with E-state index in [1.807, 2.05) is 6.07 Å². The molecular formula is C17H24N4O4S. The predicted octanol–water partition coefficient (Wildman–Crippen LogP) is 4.06. The summed E-state index contributed by atoms with van der Waals surface area (Å²) in [5.74, 6) is 0.316. The molecule has 142 valence electrons. The summed E-state index contributed by atoms with van der Waals surface area (Å²) in [4.78, 5) is 24.6. The monoisotopic (exact) mass is 380 g/mol. The molecule has 8 nitrogen and oxygen atoms in total. The van der Waals surface area contributed by atoms with Crippen LogP contribution in [0.25, 0.3) is 10.1 Å². The second-order valence-corrected chi connectivity index (χ2v) is 8.83. The van der Waals surface area contributed by atoms with Gasteiger partial charge in [-0.25, -0.2) is 9.59 Å². The van der Waals surface area contributed by atoms with Crippen LogP contribution in [0.15, 0.2) is 12.3 Å². The zero-order valence-electron chi connectivity index (χ0n) is 15.8. The van der Waals surface area contributed by atoms with E-state index in [-0.39, 0.29) is 0 Å². The number of carbonyl (C=O) groups is 2. The number of thiophene rings is 1. The van der Waals surface area contributed by atoms with Crippen LogP contribution in [0.1, 0.15) is 46.4 Å². The van der Waals surface area contributed by atoms with Crippen molar-refractivity contribution < 1.29 is 19.1 Å². The average Bonchev–Trinajstić information content (AvgIpc) is 2.85. The van der Waals surface area contributed by atoms with E-state index in [1.165, 1.54) is 11.3 Å². The van der Waals surface area contributed by atoms with Crippen molar-refractivity contribution in [3.63, 3.8) is 0 Å². The van der Waals surface area contributed by atoms with E-state index in [0.717, 1.165) is 15.0 Å². The van der Waals surface area contributed by atoms with Crippen molar-refractivity contribution in [2.45, 2.75) is 59.3 Å². The second kappa shape index (κ2) is 7.45. The first-order chi connectivity index (χ1) is 11.9. The molecule has 0 aliphatic rings. The lowest BCUT2D eigenvalue weighted by Crippen LogP contribution is -2.31. The fourth-order valence-corrected chi connectivity index (χ4v) is 2.95. The molecule has 0 radical (unpaired) electrons. The molecule has 0 spiro atoms. The molecule has 0 unspecified atom stereocenters. The standard InChI is InChI=1S/C17H24N4O4S/c1-16(2,3)24-14(22)18-8-10-7-11-12(26-10)9-19-21-13(11)20-15(23)25-17(4,5)6/h7,9H,8H2,1-6H3,(H,18,22)(H,20,21,23). The van der Waals surface area contributed by atoms with Crippen molar-refractivity contribution in [3.05, 3.63) is 17.1 Å². The molecular weight excluding hydrogens is 356 g/mol. The maximum atomic E-state index is 12.0. The van der Waals surface area contributed by atoms with Gasteiger partial charge in [0.15, 0.2) is 5.82 Å². The highest BCUT2D eigenvalue weighted by Crippen LogP contribution is 2.29. The largest absolute Gasteiger partial charge is 0.444 e. The molecule has 0 saturated carbocycles. The minimum Gasteiger partial charge on any atom is -0.444 e. The molecule has 0 saturated heterocycles. The van der Waals surface area contributed by atoms with Crippen LogP contribution in [0, 0.1) is 0 Å². The number of amides is 2. The van der Waals surface area contributed by atoms with Crippen LogP contribution < -0.4 is 10.6 Å². The molecule has 0 bridgehead atoms. The van der Waals surface area contributed by atoms with E-state index in [9.17, 15) is 9.59 Å². The van der Waals surface area contributed by atoms with E-state index in [4.69, 9.17) is 9.47 Å². The number of aromatic nitrogens is 2. The van der Waals surface area contributed by atoms with Gasteiger partial charge >= 0.3 is 12.2 Å². The highest BCUT2D eigenvalue weighted by Gasteiger charge is 2.19. The summed E-state index contributed by atoms with van der Waals surface area (Å²) >= 11 is 1.45. The Balaban J connectivity index is 2.08. The molecule has 2 amide bonds. The summed E-state index contributed by atoms with van der Waals surface area (Å²) in [6.07, 6.45) is 0.522. The van der Waals surface area contributed by atoms with Crippen LogP contribution in [-0.2, 0) is 16.0 Å². The number of rotatable bonds is 3. The number of alkyl carbamates (subject to hydrolysis) is 1. The molecule has 0 aliphatic heterocycles. The molecule has 2 aromatic rings. The Morgan fingerprint density at radius 3 is 2.31 bits per heavy atom. The third kappa shape index (κ3) is 6.14. The van der Waals surface area contributed by atoms with E-state index in [1.54, 1.807) is 47.7 Å². The maximum absolute atomic E-state index is 12.0. The number of fused-ring (bicyclic) bond motifs is 1. The van der Waals surface area contributed by atoms with Gasteiger partial charge in [-0.1, -0.05) is 0 Å². The first kappa shape index (κ1) is 19.9. The average molecular weight is 380 g/mol. The lowest BCUT2D eigenvalue weighted by molar-refractivity contribution is 0.0523. The SMILES string of the molecule is CC(C)(C)OC(=O)NCc1cc2c(NC(=O)OC(C)(C)C)nncc2s1.